The second-order valence-electron chi connectivity index (χ2n) is 5.72. The third-order valence-electron chi connectivity index (χ3n) is 4.05. The third-order valence-corrected chi connectivity index (χ3v) is 4.05. The van der Waals surface area contributed by atoms with Crippen LogP contribution in [-0.2, 0) is 11.2 Å². The van der Waals surface area contributed by atoms with Gasteiger partial charge in [0.05, 0.1) is 7.11 Å². The van der Waals surface area contributed by atoms with E-state index in [9.17, 15) is 4.79 Å². The summed E-state index contributed by atoms with van der Waals surface area (Å²) in [6, 6.07) is 3.59. The van der Waals surface area contributed by atoms with Crippen molar-refractivity contribution >= 4 is 5.91 Å². The molecule has 0 spiro atoms. The van der Waals surface area contributed by atoms with E-state index in [0.717, 1.165) is 24.5 Å². The van der Waals surface area contributed by atoms with E-state index in [1.165, 1.54) is 7.11 Å². The fraction of sp³-hybridized carbons (Fsp3) is 0.500. The predicted octanol–water partition coefficient (Wildman–Crippen LogP) is 1.73. The average Bonchev–Trinajstić information content (AvgIpc) is 3.22. The fourth-order valence-corrected chi connectivity index (χ4v) is 2.76. The molecule has 1 unspecified atom stereocenters. The van der Waals surface area contributed by atoms with Crippen LogP contribution in [-0.4, -0.2) is 46.1 Å². The Hall–Kier alpha value is -2.44. The molecule has 1 aliphatic rings. The first-order valence-electron chi connectivity index (χ1n) is 7.72. The maximum Gasteiger partial charge on any atom is 0.254 e. The van der Waals surface area contributed by atoms with Crippen LogP contribution in [0.1, 0.15) is 36.0 Å². The quantitative estimate of drug-likeness (QED) is 0.835. The molecule has 3 heterocycles. The Balaban J connectivity index is 1.53. The molecule has 1 aliphatic heterocycles. The SMILES string of the molecule is COc1cc(CCC(=O)N2CCC(c3nccc(C)n3)C2)on1. The van der Waals surface area contributed by atoms with Crippen LogP contribution in [0.15, 0.2) is 22.9 Å². The van der Waals surface area contributed by atoms with Crippen LogP contribution in [0.5, 0.6) is 5.88 Å². The summed E-state index contributed by atoms with van der Waals surface area (Å²) in [5, 5.41) is 3.73. The van der Waals surface area contributed by atoms with E-state index in [1.807, 2.05) is 17.9 Å². The predicted molar refractivity (Wildman–Crippen MR) is 82.1 cm³/mol. The Morgan fingerprint density at radius 2 is 2.39 bits per heavy atom. The molecule has 2 aromatic rings. The van der Waals surface area contributed by atoms with E-state index in [0.29, 0.717) is 31.0 Å². The Morgan fingerprint density at radius 1 is 1.52 bits per heavy atom. The van der Waals surface area contributed by atoms with Crippen molar-refractivity contribution in [1.82, 2.24) is 20.0 Å². The van der Waals surface area contributed by atoms with Crippen molar-refractivity contribution in [2.75, 3.05) is 20.2 Å². The van der Waals surface area contributed by atoms with Gasteiger partial charge in [0.25, 0.3) is 5.88 Å². The molecule has 7 heteroatoms. The number of hydrogen-bond donors (Lipinski definition) is 0. The normalized spacial score (nSPS) is 17.5. The molecule has 0 bridgehead atoms. The maximum absolute atomic E-state index is 12.3. The minimum absolute atomic E-state index is 0.121. The molecule has 1 saturated heterocycles. The average molecular weight is 316 g/mol. The smallest absolute Gasteiger partial charge is 0.254 e. The Labute approximate surface area is 134 Å². The van der Waals surface area contributed by atoms with Crippen LogP contribution in [0, 0.1) is 6.92 Å². The molecule has 122 valence electrons. The second kappa shape index (κ2) is 6.76. The molecule has 2 aromatic heterocycles. The number of rotatable bonds is 5. The molecule has 23 heavy (non-hydrogen) atoms. The number of carbonyl (C=O) groups excluding carboxylic acids is 1. The molecular weight excluding hydrogens is 296 g/mol. The number of nitrogens with zero attached hydrogens (tertiary/aromatic N) is 4. The number of carbonyl (C=O) groups is 1. The zero-order valence-electron chi connectivity index (χ0n) is 13.4. The highest BCUT2D eigenvalue weighted by Crippen LogP contribution is 2.25. The van der Waals surface area contributed by atoms with Crippen LogP contribution in [0.3, 0.4) is 0 Å². The number of likely N-dealkylation sites (tertiary alicyclic amines) is 1. The minimum Gasteiger partial charge on any atom is -0.479 e. The van der Waals surface area contributed by atoms with Crippen molar-refractivity contribution in [1.29, 1.82) is 0 Å². The summed E-state index contributed by atoms with van der Waals surface area (Å²) in [4.78, 5) is 23.0. The molecule has 0 aliphatic carbocycles. The van der Waals surface area contributed by atoms with Gasteiger partial charge in [-0.05, 0) is 24.6 Å². The zero-order valence-corrected chi connectivity index (χ0v) is 13.4. The Morgan fingerprint density at radius 3 is 3.13 bits per heavy atom. The monoisotopic (exact) mass is 316 g/mol. The van der Waals surface area contributed by atoms with Gasteiger partial charge in [0, 0.05) is 49.8 Å². The van der Waals surface area contributed by atoms with Gasteiger partial charge >= 0.3 is 0 Å². The number of aryl methyl sites for hydroxylation is 2. The van der Waals surface area contributed by atoms with Crippen molar-refractivity contribution in [3.63, 3.8) is 0 Å². The molecule has 0 N–H and O–H groups in total. The fourth-order valence-electron chi connectivity index (χ4n) is 2.76. The van der Waals surface area contributed by atoms with Gasteiger partial charge in [-0.2, -0.15) is 0 Å². The highest BCUT2D eigenvalue weighted by Gasteiger charge is 2.28. The van der Waals surface area contributed by atoms with Gasteiger partial charge in [-0.25, -0.2) is 9.97 Å². The summed E-state index contributed by atoms with van der Waals surface area (Å²) < 4.78 is 10.1. The Bertz CT molecular complexity index is 685. The minimum atomic E-state index is 0.121. The van der Waals surface area contributed by atoms with Crippen LogP contribution >= 0.6 is 0 Å². The lowest BCUT2D eigenvalue weighted by molar-refractivity contribution is -0.130. The first-order valence-corrected chi connectivity index (χ1v) is 7.72. The lowest BCUT2D eigenvalue weighted by Gasteiger charge is -2.15. The number of hydrogen-bond acceptors (Lipinski definition) is 6. The molecule has 0 aromatic carbocycles. The van der Waals surface area contributed by atoms with Crippen LogP contribution in [0.2, 0.25) is 0 Å². The number of methoxy groups -OCH3 is 1. The van der Waals surface area contributed by atoms with E-state index < -0.39 is 0 Å². The van der Waals surface area contributed by atoms with Gasteiger partial charge in [-0.15, -0.1) is 0 Å². The maximum atomic E-state index is 12.3. The largest absolute Gasteiger partial charge is 0.479 e. The van der Waals surface area contributed by atoms with E-state index >= 15 is 0 Å². The highest BCUT2D eigenvalue weighted by atomic mass is 16.5. The molecule has 0 radical (unpaired) electrons. The first-order chi connectivity index (χ1) is 11.2. The second-order valence-corrected chi connectivity index (χ2v) is 5.72. The van der Waals surface area contributed by atoms with E-state index in [4.69, 9.17) is 9.26 Å². The van der Waals surface area contributed by atoms with Gasteiger partial charge in [0.1, 0.15) is 11.6 Å². The van der Waals surface area contributed by atoms with Crippen molar-refractivity contribution in [3.8, 4) is 5.88 Å². The summed E-state index contributed by atoms with van der Waals surface area (Å²) in [5.74, 6) is 2.28. The van der Waals surface area contributed by atoms with Crippen LogP contribution in [0.25, 0.3) is 0 Å². The van der Waals surface area contributed by atoms with E-state index in [-0.39, 0.29) is 11.8 Å². The summed E-state index contributed by atoms with van der Waals surface area (Å²) >= 11 is 0. The zero-order chi connectivity index (χ0) is 16.2. The molecule has 3 rings (SSSR count). The Kier molecular flexibility index (Phi) is 4.55. The van der Waals surface area contributed by atoms with Gasteiger partial charge in [0.15, 0.2) is 0 Å². The molecular formula is C16H20N4O3. The molecule has 1 fully saturated rings. The first kappa shape index (κ1) is 15.5. The topological polar surface area (TPSA) is 81.4 Å². The van der Waals surface area contributed by atoms with Gasteiger partial charge in [0.2, 0.25) is 5.91 Å². The van der Waals surface area contributed by atoms with Crippen LogP contribution < -0.4 is 4.74 Å². The van der Waals surface area contributed by atoms with Crippen molar-refractivity contribution in [2.45, 2.75) is 32.1 Å². The van der Waals surface area contributed by atoms with Gasteiger partial charge in [-0.1, -0.05) is 0 Å². The molecule has 0 saturated carbocycles. The standard InChI is InChI=1S/C16H20N4O3/c1-11-5-7-17-16(18-11)12-6-8-20(10-12)15(21)4-3-13-9-14(22-2)19-23-13/h5,7,9,12H,3-4,6,8,10H2,1-2H3. The summed E-state index contributed by atoms with van der Waals surface area (Å²) in [6.07, 6.45) is 3.61. The molecule has 1 atom stereocenters. The lowest BCUT2D eigenvalue weighted by atomic mass is 10.1. The highest BCUT2D eigenvalue weighted by molar-refractivity contribution is 5.76. The number of ether oxygens (including phenoxy) is 1. The van der Waals surface area contributed by atoms with Crippen LogP contribution in [0.4, 0.5) is 0 Å². The van der Waals surface area contributed by atoms with Gasteiger partial charge < -0.3 is 14.2 Å². The van der Waals surface area contributed by atoms with Gasteiger partial charge in [-0.3, -0.25) is 4.79 Å². The summed E-state index contributed by atoms with van der Waals surface area (Å²) in [6.45, 7) is 3.39. The van der Waals surface area contributed by atoms with Crippen molar-refractivity contribution < 1.29 is 14.1 Å². The van der Waals surface area contributed by atoms with Crippen molar-refractivity contribution in [3.05, 3.63) is 35.6 Å². The third kappa shape index (κ3) is 3.67. The molecule has 1 amide bonds. The van der Waals surface area contributed by atoms with Crippen molar-refractivity contribution in [2.24, 2.45) is 0 Å². The summed E-state index contributed by atoms with van der Waals surface area (Å²) in [5.41, 5.74) is 0.957. The van der Waals surface area contributed by atoms with E-state index in [2.05, 4.69) is 15.1 Å². The number of aromatic nitrogens is 3. The molecule has 7 nitrogen and oxygen atoms in total. The number of amides is 1. The lowest BCUT2D eigenvalue weighted by Crippen LogP contribution is -2.28. The van der Waals surface area contributed by atoms with E-state index in [1.54, 1.807) is 12.3 Å². The summed E-state index contributed by atoms with van der Waals surface area (Å²) in [7, 11) is 1.53.